The monoisotopic (exact) mass is 743 g/mol. The number of hydrogen-bond donors (Lipinski definition) is 2. The van der Waals surface area contributed by atoms with Gasteiger partial charge in [0.25, 0.3) is 0 Å². The van der Waals surface area contributed by atoms with Crippen molar-refractivity contribution in [2.75, 3.05) is 10.6 Å². The molecule has 31 heavy (non-hydrogen) atoms. The minimum atomic E-state index is -0.104. The number of ketones is 1. The van der Waals surface area contributed by atoms with E-state index in [1.807, 2.05) is 72.8 Å². The Balaban J connectivity index is 1.68. The highest BCUT2D eigenvalue weighted by atomic mass is 127. The largest absolute Gasteiger partial charge is 0.354 e. The van der Waals surface area contributed by atoms with Crippen LogP contribution in [0.5, 0.6) is 0 Å². The molecule has 0 radical (unpaired) electrons. The highest BCUT2D eigenvalue weighted by Crippen LogP contribution is 2.23. The molecule has 154 valence electrons. The second-order valence-electron chi connectivity index (χ2n) is 6.72. The number of anilines is 2. The van der Waals surface area contributed by atoms with E-state index in [4.69, 9.17) is 4.99 Å². The van der Waals surface area contributed by atoms with Crippen molar-refractivity contribution in [3.8, 4) is 0 Å². The molecule has 1 aliphatic rings. The number of halogens is 3. The Morgan fingerprint density at radius 2 is 1.03 bits per heavy atom. The lowest BCUT2D eigenvalue weighted by Crippen LogP contribution is -2.22. The quantitative estimate of drug-likeness (QED) is 0.216. The van der Waals surface area contributed by atoms with Gasteiger partial charge in [0.05, 0.1) is 22.8 Å². The normalized spacial score (nSPS) is 14.8. The van der Waals surface area contributed by atoms with Crippen LogP contribution in [-0.2, 0) is 4.79 Å². The van der Waals surface area contributed by atoms with Crippen molar-refractivity contribution in [2.45, 2.75) is 0 Å². The maximum atomic E-state index is 12.9. The summed E-state index contributed by atoms with van der Waals surface area (Å²) in [7, 11) is 0. The number of rotatable bonds is 5. The molecule has 0 aromatic heterocycles. The van der Waals surface area contributed by atoms with Crippen molar-refractivity contribution < 1.29 is 4.79 Å². The molecule has 0 atom stereocenters. The smallest absolute Gasteiger partial charge is 0.204 e. The lowest BCUT2D eigenvalue weighted by molar-refractivity contribution is -0.111. The number of nitrogens with one attached hydrogen (secondary N) is 2. The molecular formula is C24H16I3N3O. The van der Waals surface area contributed by atoms with Gasteiger partial charge in [0, 0.05) is 28.2 Å². The van der Waals surface area contributed by atoms with Crippen molar-refractivity contribution in [3.05, 3.63) is 107 Å². The predicted molar refractivity (Wildman–Crippen MR) is 153 cm³/mol. The molecule has 3 aromatic carbocycles. The third kappa shape index (κ3) is 6.16. The van der Waals surface area contributed by atoms with Crippen LogP contribution in [0.1, 0.15) is 0 Å². The number of hydrogen-bond acceptors (Lipinski definition) is 4. The number of carbonyl (C=O) groups is 1. The van der Waals surface area contributed by atoms with E-state index >= 15 is 0 Å². The van der Waals surface area contributed by atoms with Gasteiger partial charge in [-0.3, -0.25) is 4.79 Å². The highest BCUT2D eigenvalue weighted by Gasteiger charge is 2.20. The van der Waals surface area contributed by atoms with Crippen molar-refractivity contribution in [1.29, 1.82) is 0 Å². The van der Waals surface area contributed by atoms with E-state index in [0.717, 1.165) is 27.8 Å². The summed E-state index contributed by atoms with van der Waals surface area (Å²) in [6.45, 7) is 0. The fourth-order valence-electron chi connectivity index (χ4n) is 2.89. The predicted octanol–water partition coefficient (Wildman–Crippen LogP) is 7.15. The van der Waals surface area contributed by atoms with Crippen LogP contribution in [0.3, 0.4) is 0 Å². The van der Waals surface area contributed by atoms with E-state index in [-0.39, 0.29) is 5.78 Å². The molecule has 0 saturated heterocycles. The van der Waals surface area contributed by atoms with Gasteiger partial charge in [0.1, 0.15) is 0 Å². The maximum Gasteiger partial charge on any atom is 0.204 e. The molecule has 7 heteroatoms. The molecule has 1 aliphatic carbocycles. The van der Waals surface area contributed by atoms with E-state index in [1.165, 1.54) is 0 Å². The Hall–Kier alpha value is -1.73. The van der Waals surface area contributed by atoms with Crippen LogP contribution in [0.2, 0.25) is 0 Å². The lowest BCUT2D eigenvalue weighted by Gasteiger charge is -2.18. The number of benzene rings is 3. The van der Waals surface area contributed by atoms with E-state index in [1.54, 1.807) is 12.2 Å². The first-order valence-corrected chi connectivity index (χ1v) is 12.6. The second-order valence-corrected chi connectivity index (χ2v) is 10.5. The van der Waals surface area contributed by atoms with Crippen molar-refractivity contribution in [1.82, 2.24) is 0 Å². The zero-order valence-corrected chi connectivity index (χ0v) is 22.5. The van der Waals surface area contributed by atoms with Gasteiger partial charge in [-0.1, -0.05) is 0 Å². The van der Waals surface area contributed by atoms with E-state index < -0.39 is 0 Å². The Morgan fingerprint density at radius 3 is 1.55 bits per heavy atom. The molecule has 4 nitrogen and oxygen atoms in total. The Bertz CT molecular complexity index is 1200. The molecular weight excluding hydrogens is 727 g/mol. The maximum absolute atomic E-state index is 12.9. The van der Waals surface area contributed by atoms with Crippen molar-refractivity contribution in [2.24, 2.45) is 4.99 Å². The zero-order chi connectivity index (χ0) is 21.8. The third-order valence-corrected chi connectivity index (χ3v) is 6.58. The Kier molecular flexibility index (Phi) is 7.43. The standard InChI is InChI=1S/C24H16I3N3O/c25-15-1-7-18(8-2-15)28-21-13-23(30-20-11-5-17(27)6-12-20)24(31)14-22(21)29-19-9-3-16(26)4-10-19/h1-14,29-30H. The van der Waals surface area contributed by atoms with Gasteiger partial charge in [-0.15, -0.1) is 0 Å². The van der Waals surface area contributed by atoms with Gasteiger partial charge in [-0.05, 0) is 147 Å². The average molecular weight is 743 g/mol. The molecule has 0 amide bonds. The molecule has 0 saturated carbocycles. The Morgan fingerprint density at radius 1 is 0.581 bits per heavy atom. The van der Waals surface area contributed by atoms with Crippen LogP contribution >= 0.6 is 67.8 Å². The third-order valence-electron chi connectivity index (χ3n) is 4.42. The molecule has 0 unspecified atom stereocenters. The van der Waals surface area contributed by atoms with Crippen molar-refractivity contribution >= 4 is 96.3 Å². The van der Waals surface area contributed by atoms with Crippen LogP contribution in [0, 0.1) is 10.7 Å². The SMILES string of the molecule is O=C1C=C(Nc2ccc(I)cc2)C(=Nc2ccc(I)cc2)C=C1Nc1ccc(I)cc1. The molecule has 0 spiro atoms. The first-order valence-electron chi connectivity index (χ1n) is 9.34. The summed E-state index contributed by atoms with van der Waals surface area (Å²) in [5, 5.41) is 6.57. The molecule has 4 rings (SSSR count). The second kappa shape index (κ2) is 10.3. The minimum absolute atomic E-state index is 0.104. The summed E-state index contributed by atoms with van der Waals surface area (Å²) in [5.74, 6) is -0.104. The topological polar surface area (TPSA) is 53.5 Å². The molecule has 0 aliphatic heterocycles. The first kappa shape index (κ1) is 22.5. The van der Waals surface area contributed by atoms with E-state index in [2.05, 4.69) is 78.4 Å². The van der Waals surface area contributed by atoms with Gasteiger partial charge in [0.2, 0.25) is 5.78 Å². The molecule has 0 bridgehead atoms. The number of aliphatic imine (C=N–C) groups is 1. The minimum Gasteiger partial charge on any atom is -0.354 e. The van der Waals surface area contributed by atoms with Gasteiger partial charge >= 0.3 is 0 Å². The van der Waals surface area contributed by atoms with Crippen LogP contribution in [0.15, 0.2) is 101 Å². The summed E-state index contributed by atoms with van der Waals surface area (Å²) < 4.78 is 3.43. The highest BCUT2D eigenvalue weighted by molar-refractivity contribution is 14.1. The summed E-state index contributed by atoms with van der Waals surface area (Å²) in [6.07, 6.45) is 3.39. The van der Waals surface area contributed by atoms with Crippen LogP contribution in [0.4, 0.5) is 17.1 Å². The summed E-state index contributed by atoms with van der Waals surface area (Å²) in [6, 6.07) is 23.9. The number of allylic oxidation sites excluding steroid dienone is 2. The average Bonchev–Trinajstić information content (AvgIpc) is 2.76. The van der Waals surface area contributed by atoms with Gasteiger partial charge < -0.3 is 10.6 Å². The van der Waals surface area contributed by atoms with Crippen molar-refractivity contribution in [3.63, 3.8) is 0 Å². The molecule has 0 heterocycles. The molecule has 0 fully saturated rings. The van der Waals surface area contributed by atoms with Crippen LogP contribution in [0.25, 0.3) is 0 Å². The van der Waals surface area contributed by atoms with Gasteiger partial charge in [-0.2, -0.15) is 0 Å². The Labute approximate surface area is 221 Å². The zero-order valence-electron chi connectivity index (χ0n) is 16.1. The lowest BCUT2D eigenvalue weighted by atomic mass is 10.0. The van der Waals surface area contributed by atoms with Crippen LogP contribution in [-0.4, -0.2) is 11.5 Å². The van der Waals surface area contributed by atoms with E-state index in [0.29, 0.717) is 17.1 Å². The summed E-state index contributed by atoms with van der Waals surface area (Å²) in [5.41, 5.74) is 4.42. The van der Waals surface area contributed by atoms with E-state index in [9.17, 15) is 4.79 Å². The first-order chi connectivity index (χ1) is 15.0. The fraction of sp³-hybridized carbons (Fsp3) is 0. The van der Waals surface area contributed by atoms with Gasteiger partial charge in [0.15, 0.2) is 0 Å². The van der Waals surface area contributed by atoms with Gasteiger partial charge in [-0.25, -0.2) is 4.99 Å². The number of nitrogens with zero attached hydrogens (tertiary/aromatic N) is 1. The number of carbonyl (C=O) groups excluding carboxylic acids is 1. The van der Waals surface area contributed by atoms with Crippen LogP contribution < -0.4 is 10.6 Å². The summed E-state index contributed by atoms with van der Waals surface area (Å²) >= 11 is 6.80. The fourth-order valence-corrected chi connectivity index (χ4v) is 3.97. The summed E-state index contributed by atoms with van der Waals surface area (Å²) in [4.78, 5) is 17.7. The molecule has 3 aromatic rings. The molecule has 2 N–H and O–H groups in total.